The molecule has 100 valence electrons. The standard InChI is InChI=1S/C13H11ClFNO2S/c1-9-2-5-11(15)8-13(9)16-19(17,18)12-6-3-10(14)4-7-12/h2-8,16H,1H3. The van der Waals surface area contributed by atoms with Crippen molar-refractivity contribution in [2.45, 2.75) is 11.8 Å². The first-order valence-electron chi connectivity index (χ1n) is 5.43. The molecule has 0 aromatic heterocycles. The Morgan fingerprint density at radius 3 is 2.37 bits per heavy atom. The largest absolute Gasteiger partial charge is 0.279 e. The minimum atomic E-state index is -3.74. The topological polar surface area (TPSA) is 46.2 Å². The van der Waals surface area contributed by atoms with Crippen molar-refractivity contribution < 1.29 is 12.8 Å². The maximum absolute atomic E-state index is 13.1. The van der Waals surface area contributed by atoms with Crippen LogP contribution in [-0.4, -0.2) is 8.42 Å². The van der Waals surface area contributed by atoms with Gasteiger partial charge in [0, 0.05) is 5.02 Å². The molecule has 0 bridgehead atoms. The van der Waals surface area contributed by atoms with Crippen molar-refractivity contribution >= 4 is 27.3 Å². The van der Waals surface area contributed by atoms with Gasteiger partial charge in [-0.3, -0.25) is 4.72 Å². The Bertz CT molecular complexity index is 699. The third-order valence-corrected chi connectivity index (χ3v) is 4.20. The number of nitrogens with one attached hydrogen (secondary N) is 1. The fraction of sp³-hybridized carbons (Fsp3) is 0.0769. The van der Waals surface area contributed by atoms with Gasteiger partial charge in [0.25, 0.3) is 10.0 Å². The van der Waals surface area contributed by atoms with E-state index in [1.807, 2.05) is 0 Å². The van der Waals surface area contributed by atoms with Gasteiger partial charge in [0.1, 0.15) is 5.82 Å². The molecule has 0 heterocycles. The first-order chi connectivity index (χ1) is 8.88. The van der Waals surface area contributed by atoms with Gasteiger partial charge in [-0.25, -0.2) is 12.8 Å². The number of hydrogen-bond acceptors (Lipinski definition) is 2. The molecule has 0 saturated heterocycles. The molecule has 2 aromatic rings. The van der Waals surface area contributed by atoms with E-state index in [0.29, 0.717) is 10.6 Å². The molecule has 0 aliphatic carbocycles. The van der Waals surface area contributed by atoms with Gasteiger partial charge < -0.3 is 0 Å². The van der Waals surface area contributed by atoms with E-state index in [2.05, 4.69) is 4.72 Å². The Morgan fingerprint density at radius 2 is 1.74 bits per heavy atom. The molecule has 1 N–H and O–H groups in total. The van der Waals surface area contributed by atoms with Crippen LogP contribution in [0.3, 0.4) is 0 Å². The van der Waals surface area contributed by atoms with Gasteiger partial charge in [-0.1, -0.05) is 17.7 Å². The van der Waals surface area contributed by atoms with Gasteiger partial charge in [0.2, 0.25) is 0 Å². The molecule has 0 spiro atoms. The van der Waals surface area contributed by atoms with Gasteiger partial charge in [0.15, 0.2) is 0 Å². The smallest absolute Gasteiger partial charge is 0.261 e. The highest BCUT2D eigenvalue weighted by Gasteiger charge is 2.15. The van der Waals surface area contributed by atoms with Gasteiger partial charge >= 0.3 is 0 Å². The van der Waals surface area contributed by atoms with Crippen molar-refractivity contribution in [3.8, 4) is 0 Å². The number of rotatable bonds is 3. The van der Waals surface area contributed by atoms with Crippen LogP contribution in [-0.2, 0) is 10.0 Å². The summed E-state index contributed by atoms with van der Waals surface area (Å²) in [5, 5.41) is 0.445. The first-order valence-corrected chi connectivity index (χ1v) is 7.29. The van der Waals surface area contributed by atoms with Gasteiger partial charge in [-0.05, 0) is 48.9 Å². The summed E-state index contributed by atoms with van der Waals surface area (Å²) < 4.78 is 39.7. The summed E-state index contributed by atoms with van der Waals surface area (Å²) >= 11 is 5.70. The highest BCUT2D eigenvalue weighted by Crippen LogP contribution is 2.21. The van der Waals surface area contributed by atoms with Crippen LogP contribution in [0.2, 0.25) is 5.02 Å². The zero-order valence-electron chi connectivity index (χ0n) is 10.0. The molecule has 0 fully saturated rings. The monoisotopic (exact) mass is 299 g/mol. The lowest BCUT2D eigenvalue weighted by atomic mass is 10.2. The Morgan fingerprint density at radius 1 is 1.11 bits per heavy atom. The van der Waals surface area contributed by atoms with Crippen LogP contribution in [0.4, 0.5) is 10.1 Å². The quantitative estimate of drug-likeness (QED) is 0.941. The van der Waals surface area contributed by atoms with Crippen LogP contribution in [0.1, 0.15) is 5.56 Å². The van der Waals surface area contributed by atoms with Crippen LogP contribution >= 0.6 is 11.6 Å². The van der Waals surface area contributed by atoms with Crippen molar-refractivity contribution in [1.82, 2.24) is 0 Å². The van der Waals surface area contributed by atoms with Crippen molar-refractivity contribution in [3.63, 3.8) is 0 Å². The van der Waals surface area contributed by atoms with Crippen LogP contribution < -0.4 is 4.72 Å². The SMILES string of the molecule is Cc1ccc(F)cc1NS(=O)(=O)c1ccc(Cl)cc1. The summed E-state index contributed by atoms with van der Waals surface area (Å²) in [6.45, 7) is 1.69. The van der Waals surface area contributed by atoms with Crippen LogP contribution in [0.15, 0.2) is 47.4 Å². The Labute approximate surface area is 116 Å². The van der Waals surface area contributed by atoms with Gasteiger partial charge in [0.05, 0.1) is 10.6 Å². The average molecular weight is 300 g/mol. The van der Waals surface area contributed by atoms with E-state index in [1.165, 1.54) is 36.4 Å². The summed E-state index contributed by atoms with van der Waals surface area (Å²) in [4.78, 5) is 0.0700. The molecular formula is C13H11ClFNO2S. The van der Waals surface area contributed by atoms with Crippen LogP contribution in [0, 0.1) is 12.7 Å². The van der Waals surface area contributed by atoms with Crippen LogP contribution in [0.25, 0.3) is 0 Å². The third-order valence-electron chi connectivity index (χ3n) is 2.57. The Hall–Kier alpha value is -1.59. The van der Waals surface area contributed by atoms with E-state index in [9.17, 15) is 12.8 Å². The number of aryl methyl sites for hydroxylation is 1. The van der Waals surface area contributed by atoms with Crippen molar-refractivity contribution in [2.75, 3.05) is 4.72 Å². The lowest BCUT2D eigenvalue weighted by Gasteiger charge is -2.10. The molecule has 3 nitrogen and oxygen atoms in total. The predicted octanol–water partition coefficient (Wildman–Crippen LogP) is 3.59. The average Bonchev–Trinajstić information content (AvgIpc) is 2.34. The molecule has 19 heavy (non-hydrogen) atoms. The highest BCUT2D eigenvalue weighted by molar-refractivity contribution is 7.92. The number of sulfonamides is 1. The van der Waals surface area contributed by atoms with E-state index in [1.54, 1.807) is 6.92 Å². The number of hydrogen-bond donors (Lipinski definition) is 1. The van der Waals surface area contributed by atoms with Crippen molar-refractivity contribution in [2.24, 2.45) is 0 Å². The zero-order valence-corrected chi connectivity index (χ0v) is 11.6. The second-order valence-corrected chi connectivity index (χ2v) is 6.14. The minimum absolute atomic E-state index is 0.0700. The summed E-state index contributed by atoms with van der Waals surface area (Å²) in [6, 6.07) is 9.66. The number of anilines is 1. The van der Waals surface area contributed by atoms with E-state index >= 15 is 0 Å². The van der Waals surface area contributed by atoms with Crippen molar-refractivity contribution in [3.05, 3.63) is 58.9 Å². The highest BCUT2D eigenvalue weighted by atomic mass is 35.5. The first kappa shape index (κ1) is 13.8. The maximum Gasteiger partial charge on any atom is 0.261 e. The lowest BCUT2D eigenvalue weighted by molar-refractivity contribution is 0.601. The van der Waals surface area contributed by atoms with E-state index in [0.717, 1.165) is 6.07 Å². The van der Waals surface area contributed by atoms with E-state index in [-0.39, 0.29) is 10.6 Å². The normalized spacial score (nSPS) is 11.3. The number of benzene rings is 2. The molecule has 6 heteroatoms. The summed E-state index contributed by atoms with van der Waals surface area (Å²) in [6.07, 6.45) is 0. The van der Waals surface area contributed by atoms with Gasteiger partial charge in [-0.15, -0.1) is 0 Å². The van der Waals surface area contributed by atoms with E-state index < -0.39 is 15.8 Å². The molecule has 0 aliphatic rings. The fourth-order valence-electron chi connectivity index (χ4n) is 1.52. The van der Waals surface area contributed by atoms with Crippen LogP contribution in [0.5, 0.6) is 0 Å². The molecule has 2 rings (SSSR count). The Kier molecular flexibility index (Phi) is 3.78. The molecule has 0 radical (unpaired) electrons. The zero-order chi connectivity index (χ0) is 14.0. The molecule has 0 unspecified atom stereocenters. The molecule has 0 atom stereocenters. The third kappa shape index (κ3) is 3.24. The second-order valence-electron chi connectivity index (χ2n) is 4.02. The molecule has 0 amide bonds. The molecule has 0 saturated carbocycles. The van der Waals surface area contributed by atoms with Gasteiger partial charge in [-0.2, -0.15) is 0 Å². The molecular weight excluding hydrogens is 289 g/mol. The molecule has 2 aromatic carbocycles. The molecule has 0 aliphatic heterocycles. The number of halogens is 2. The summed E-state index contributed by atoms with van der Waals surface area (Å²) in [7, 11) is -3.74. The summed E-state index contributed by atoms with van der Waals surface area (Å²) in [5.74, 6) is -0.501. The summed E-state index contributed by atoms with van der Waals surface area (Å²) in [5.41, 5.74) is 0.855. The minimum Gasteiger partial charge on any atom is -0.279 e. The van der Waals surface area contributed by atoms with E-state index in [4.69, 9.17) is 11.6 Å². The predicted molar refractivity (Wildman–Crippen MR) is 73.4 cm³/mol. The fourth-order valence-corrected chi connectivity index (χ4v) is 2.77. The second kappa shape index (κ2) is 5.19. The maximum atomic E-state index is 13.1. The Balaban J connectivity index is 2.36. The van der Waals surface area contributed by atoms with Crippen molar-refractivity contribution in [1.29, 1.82) is 0 Å². The lowest BCUT2D eigenvalue weighted by Crippen LogP contribution is -2.13.